The first-order valence-corrected chi connectivity index (χ1v) is 8.31. The van der Waals surface area contributed by atoms with Gasteiger partial charge in [-0.15, -0.1) is 0 Å². The third kappa shape index (κ3) is 2.81. The fourth-order valence-corrected chi connectivity index (χ4v) is 3.25. The summed E-state index contributed by atoms with van der Waals surface area (Å²) in [5.41, 5.74) is 2.27. The number of fused-ring (bicyclic) bond motifs is 1. The van der Waals surface area contributed by atoms with E-state index in [2.05, 4.69) is 26.5 Å². The van der Waals surface area contributed by atoms with Gasteiger partial charge in [0.05, 0.1) is 28.9 Å². The van der Waals surface area contributed by atoms with Crippen molar-refractivity contribution in [2.45, 2.75) is 38.1 Å². The molecule has 1 N–H and O–H groups in total. The van der Waals surface area contributed by atoms with Gasteiger partial charge in [0.1, 0.15) is 5.82 Å². The van der Waals surface area contributed by atoms with E-state index in [1.54, 1.807) is 29.2 Å². The van der Waals surface area contributed by atoms with Gasteiger partial charge in [0.2, 0.25) is 0 Å². The molecule has 120 valence electrons. The molecular formula is C18H18N6. The molecule has 1 aliphatic rings. The summed E-state index contributed by atoms with van der Waals surface area (Å²) in [5.74, 6) is 1.48. The quantitative estimate of drug-likeness (QED) is 0.800. The molecule has 1 aliphatic carbocycles. The summed E-state index contributed by atoms with van der Waals surface area (Å²) in [6.07, 6.45) is 11.6. The van der Waals surface area contributed by atoms with Gasteiger partial charge in [-0.1, -0.05) is 19.3 Å². The van der Waals surface area contributed by atoms with Crippen LogP contribution in [0.2, 0.25) is 0 Å². The molecule has 0 spiro atoms. The zero-order valence-corrected chi connectivity index (χ0v) is 13.3. The minimum Gasteiger partial charge on any atom is -0.367 e. The highest BCUT2D eigenvalue weighted by atomic mass is 15.2. The van der Waals surface area contributed by atoms with E-state index in [4.69, 9.17) is 5.26 Å². The Hall–Kier alpha value is -2.94. The molecule has 1 fully saturated rings. The van der Waals surface area contributed by atoms with Crippen LogP contribution in [0, 0.1) is 11.3 Å². The average Bonchev–Trinajstić information content (AvgIpc) is 3.06. The molecule has 6 heteroatoms. The molecule has 0 radical (unpaired) electrons. The van der Waals surface area contributed by atoms with Crippen LogP contribution < -0.4 is 5.32 Å². The van der Waals surface area contributed by atoms with E-state index in [1.807, 2.05) is 12.1 Å². The van der Waals surface area contributed by atoms with Gasteiger partial charge >= 0.3 is 0 Å². The molecule has 0 saturated heterocycles. The van der Waals surface area contributed by atoms with E-state index < -0.39 is 0 Å². The van der Waals surface area contributed by atoms with Gasteiger partial charge in [-0.25, -0.2) is 14.5 Å². The second-order valence-corrected chi connectivity index (χ2v) is 6.16. The Morgan fingerprint density at radius 1 is 1.21 bits per heavy atom. The Balaban J connectivity index is 1.67. The Morgan fingerprint density at radius 2 is 2.08 bits per heavy atom. The molecule has 24 heavy (non-hydrogen) atoms. The Kier molecular flexibility index (Phi) is 3.83. The van der Waals surface area contributed by atoms with Crippen molar-refractivity contribution in [3.05, 3.63) is 42.4 Å². The highest BCUT2D eigenvalue weighted by Gasteiger charge is 2.15. The van der Waals surface area contributed by atoms with Crippen LogP contribution in [0.15, 0.2) is 36.8 Å². The number of anilines is 1. The summed E-state index contributed by atoms with van der Waals surface area (Å²) >= 11 is 0. The lowest BCUT2D eigenvalue weighted by Gasteiger charge is -2.23. The second-order valence-electron chi connectivity index (χ2n) is 6.16. The first-order chi connectivity index (χ1) is 11.8. The number of rotatable bonds is 3. The predicted molar refractivity (Wildman–Crippen MR) is 91.4 cm³/mol. The lowest BCUT2D eigenvalue weighted by molar-refractivity contribution is 0.462. The third-order valence-corrected chi connectivity index (χ3v) is 4.50. The maximum absolute atomic E-state index is 9.10. The average molecular weight is 318 g/mol. The maximum Gasteiger partial charge on any atom is 0.165 e. The summed E-state index contributed by atoms with van der Waals surface area (Å²) in [6, 6.07) is 8.12. The van der Waals surface area contributed by atoms with Gasteiger partial charge in [0.25, 0.3) is 0 Å². The Labute approximate surface area is 140 Å². The molecule has 4 rings (SSSR count). The molecule has 0 amide bonds. The summed E-state index contributed by atoms with van der Waals surface area (Å²) < 4.78 is 1.74. The highest BCUT2D eigenvalue weighted by molar-refractivity contribution is 5.77. The van der Waals surface area contributed by atoms with Crippen molar-refractivity contribution < 1.29 is 0 Å². The van der Waals surface area contributed by atoms with Gasteiger partial charge in [-0.2, -0.15) is 10.4 Å². The van der Waals surface area contributed by atoms with E-state index >= 15 is 0 Å². The third-order valence-electron chi connectivity index (χ3n) is 4.50. The second kappa shape index (κ2) is 6.28. The van der Waals surface area contributed by atoms with Crippen molar-refractivity contribution in [2.24, 2.45) is 0 Å². The monoisotopic (exact) mass is 318 g/mol. The standard InChI is InChI=1S/C18H18N6/c19-11-13-7-9-24-16(10-13)15(12-21-24)18-20-8-6-17(23-18)22-14-4-2-1-3-5-14/h6-10,12,14H,1-5H2,(H,20,22,23). The fourth-order valence-electron chi connectivity index (χ4n) is 3.25. The smallest absolute Gasteiger partial charge is 0.165 e. The largest absolute Gasteiger partial charge is 0.367 e. The van der Waals surface area contributed by atoms with Crippen molar-refractivity contribution in [3.63, 3.8) is 0 Å². The van der Waals surface area contributed by atoms with Crippen LogP contribution in [0.4, 0.5) is 5.82 Å². The van der Waals surface area contributed by atoms with Gasteiger partial charge in [0, 0.05) is 18.4 Å². The maximum atomic E-state index is 9.10. The SMILES string of the molecule is N#Cc1ccn2ncc(-c3nccc(NC4CCCCC4)n3)c2c1. The van der Waals surface area contributed by atoms with Crippen LogP contribution in [-0.2, 0) is 0 Å². The van der Waals surface area contributed by atoms with E-state index in [9.17, 15) is 0 Å². The highest BCUT2D eigenvalue weighted by Crippen LogP contribution is 2.24. The van der Waals surface area contributed by atoms with E-state index in [-0.39, 0.29) is 0 Å². The molecule has 0 unspecified atom stereocenters. The predicted octanol–water partition coefficient (Wildman–Crippen LogP) is 3.41. The van der Waals surface area contributed by atoms with Crippen LogP contribution >= 0.6 is 0 Å². The summed E-state index contributed by atoms with van der Waals surface area (Å²) in [5, 5.41) is 16.9. The Bertz CT molecular complexity index is 901. The fraction of sp³-hybridized carbons (Fsp3) is 0.333. The van der Waals surface area contributed by atoms with E-state index in [0.29, 0.717) is 17.4 Å². The molecular weight excluding hydrogens is 300 g/mol. The number of nitriles is 1. The number of pyridine rings is 1. The van der Waals surface area contributed by atoms with Gasteiger partial charge in [-0.3, -0.25) is 0 Å². The Morgan fingerprint density at radius 3 is 2.92 bits per heavy atom. The van der Waals surface area contributed by atoms with Gasteiger partial charge in [-0.05, 0) is 31.0 Å². The normalized spacial score (nSPS) is 15.3. The minimum absolute atomic E-state index is 0.496. The molecule has 3 aromatic heterocycles. The van der Waals surface area contributed by atoms with Crippen molar-refractivity contribution in [1.82, 2.24) is 19.6 Å². The molecule has 3 heterocycles. The number of hydrogen-bond donors (Lipinski definition) is 1. The summed E-state index contributed by atoms with van der Waals surface area (Å²) in [4.78, 5) is 9.05. The van der Waals surface area contributed by atoms with Crippen LogP contribution in [0.5, 0.6) is 0 Å². The van der Waals surface area contributed by atoms with E-state index in [1.165, 1.54) is 32.1 Å². The lowest BCUT2D eigenvalue weighted by Crippen LogP contribution is -2.22. The van der Waals surface area contributed by atoms with Crippen LogP contribution in [0.25, 0.3) is 16.9 Å². The lowest BCUT2D eigenvalue weighted by atomic mass is 9.95. The van der Waals surface area contributed by atoms with Crippen LogP contribution in [0.3, 0.4) is 0 Å². The van der Waals surface area contributed by atoms with Crippen molar-refractivity contribution >= 4 is 11.3 Å². The van der Waals surface area contributed by atoms with Crippen LogP contribution in [0.1, 0.15) is 37.7 Å². The van der Waals surface area contributed by atoms with Gasteiger partial charge < -0.3 is 5.32 Å². The molecule has 0 aliphatic heterocycles. The molecule has 3 aromatic rings. The number of aromatic nitrogens is 4. The topological polar surface area (TPSA) is 78.9 Å². The molecule has 6 nitrogen and oxygen atoms in total. The number of nitrogens with one attached hydrogen (secondary N) is 1. The first-order valence-electron chi connectivity index (χ1n) is 8.31. The van der Waals surface area contributed by atoms with E-state index in [0.717, 1.165) is 16.9 Å². The van der Waals surface area contributed by atoms with Crippen molar-refractivity contribution in [3.8, 4) is 17.5 Å². The number of nitrogens with zero attached hydrogens (tertiary/aromatic N) is 5. The molecule has 0 atom stereocenters. The number of hydrogen-bond acceptors (Lipinski definition) is 5. The van der Waals surface area contributed by atoms with Crippen molar-refractivity contribution in [2.75, 3.05) is 5.32 Å². The zero-order valence-electron chi connectivity index (χ0n) is 13.3. The molecule has 0 aromatic carbocycles. The van der Waals surface area contributed by atoms with Crippen LogP contribution in [-0.4, -0.2) is 25.6 Å². The molecule has 0 bridgehead atoms. The van der Waals surface area contributed by atoms with Gasteiger partial charge in [0.15, 0.2) is 5.82 Å². The first kappa shape index (κ1) is 14.6. The minimum atomic E-state index is 0.496. The summed E-state index contributed by atoms with van der Waals surface area (Å²) in [6.45, 7) is 0. The summed E-state index contributed by atoms with van der Waals surface area (Å²) in [7, 11) is 0. The van der Waals surface area contributed by atoms with Crippen molar-refractivity contribution in [1.29, 1.82) is 5.26 Å². The zero-order chi connectivity index (χ0) is 16.4. The molecule has 1 saturated carbocycles.